The fourth-order valence-electron chi connectivity index (χ4n) is 3.96. The van der Waals surface area contributed by atoms with Crippen molar-refractivity contribution in [1.29, 1.82) is 0 Å². The zero-order chi connectivity index (χ0) is 20.5. The first kappa shape index (κ1) is 18.3. The lowest BCUT2D eigenvalue weighted by atomic mass is 10.1. The molecule has 1 fully saturated rings. The van der Waals surface area contributed by atoms with Crippen molar-refractivity contribution in [3.63, 3.8) is 0 Å². The third-order valence-electron chi connectivity index (χ3n) is 5.29. The second kappa shape index (κ2) is 7.58. The van der Waals surface area contributed by atoms with Gasteiger partial charge < -0.3 is 9.64 Å². The number of hydrogen-bond acceptors (Lipinski definition) is 7. The van der Waals surface area contributed by atoms with Crippen LogP contribution in [0, 0.1) is 0 Å². The van der Waals surface area contributed by atoms with Gasteiger partial charge in [0, 0.05) is 43.3 Å². The molecule has 0 saturated carbocycles. The molecule has 0 aliphatic carbocycles. The summed E-state index contributed by atoms with van der Waals surface area (Å²) in [4.78, 5) is 34.5. The monoisotopic (exact) mass is 403 g/mol. The maximum Gasteiger partial charge on any atom is 0.329 e. The van der Waals surface area contributed by atoms with Gasteiger partial charge in [0.2, 0.25) is 5.88 Å². The SMILES string of the molecule is CCOc1cc(-c2ccc3c(n2)N(C(=O)Nc2cnccn2)[C@H]2CCN3C2)ccn1. The molecule has 9 nitrogen and oxygen atoms in total. The molecule has 0 spiro atoms. The van der Waals surface area contributed by atoms with Crippen LogP contribution in [0.5, 0.6) is 5.88 Å². The Morgan fingerprint density at radius 2 is 2.17 bits per heavy atom. The molecule has 5 heterocycles. The molecule has 3 aromatic heterocycles. The van der Waals surface area contributed by atoms with Gasteiger partial charge in [0.1, 0.15) is 0 Å². The topological polar surface area (TPSA) is 96.4 Å². The summed E-state index contributed by atoms with van der Waals surface area (Å²) in [5, 5.41) is 2.85. The average molecular weight is 403 g/mol. The molecule has 3 aromatic rings. The lowest BCUT2D eigenvalue weighted by Crippen LogP contribution is -2.48. The molecule has 0 aromatic carbocycles. The van der Waals surface area contributed by atoms with Gasteiger partial charge in [-0.15, -0.1) is 0 Å². The van der Waals surface area contributed by atoms with E-state index in [-0.39, 0.29) is 12.1 Å². The van der Waals surface area contributed by atoms with E-state index in [4.69, 9.17) is 9.72 Å². The smallest absolute Gasteiger partial charge is 0.329 e. The van der Waals surface area contributed by atoms with Crippen molar-refractivity contribution in [2.75, 3.05) is 34.8 Å². The van der Waals surface area contributed by atoms with E-state index in [1.807, 2.05) is 31.2 Å². The third kappa shape index (κ3) is 3.28. The number of ether oxygens (including phenoxy) is 1. The second-order valence-electron chi connectivity index (χ2n) is 7.13. The Morgan fingerprint density at radius 3 is 3.00 bits per heavy atom. The highest BCUT2D eigenvalue weighted by Gasteiger charge is 2.40. The standard InChI is InChI=1S/C21H21N7O2/c1-2-30-19-11-14(5-7-24-19)16-3-4-17-20(25-16)28(15-6-10-27(17)13-15)21(29)26-18-12-22-8-9-23-18/h3-5,7-9,11-12,15H,2,6,10,13H2,1H3,(H,23,26,29)/t15-/m0/s1. The van der Waals surface area contributed by atoms with Crippen molar-refractivity contribution in [2.45, 2.75) is 19.4 Å². The molecule has 30 heavy (non-hydrogen) atoms. The fourth-order valence-corrected chi connectivity index (χ4v) is 3.96. The molecule has 5 rings (SSSR count). The first-order chi connectivity index (χ1) is 14.7. The van der Waals surface area contributed by atoms with Crippen LogP contribution in [0.1, 0.15) is 13.3 Å². The lowest BCUT2D eigenvalue weighted by Gasteiger charge is -2.35. The maximum absolute atomic E-state index is 13.2. The van der Waals surface area contributed by atoms with Crippen molar-refractivity contribution >= 4 is 23.4 Å². The van der Waals surface area contributed by atoms with Crippen LogP contribution in [0.4, 0.5) is 22.1 Å². The molecule has 1 N–H and O–H groups in total. The number of nitrogens with zero attached hydrogens (tertiary/aromatic N) is 6. The highest BCUT2D eigenvalue weighted by Crippen LogP contribution is 2.40. The minimum absolute atomic E-state index is 0.0633. The maximum atomic E-state index is 13.2. The molecule has 2 amide bonds. The Hall–Kier alpha value is -3.75. The third-order valence-corrected chi connectivity index (χ3v) is 5.29. The quantitative estimate of drug-likeness (QED) is 0.715. The number of pyridine rings is 2. The summed E-state index contributed by atoms with van der Waals surface area (Å²) in [6.07, 6.45) is 7.24. The molecule has 2 bridgehead atoms. The van der Waals surface area contributed by atoms with E-state index in [9.17, 15) is 4.79 Å². The number of hydrogen-bond donors (Lipinski definition) is 1. The zero-order valence-corrected chi connectivity index (χ0v) is 16.5. The number of amides is 2. The van der Waals surface area contributed by atoms with Gasteiger partial charge in [-0.05, 0) is 31.5 Å². The van der Waals surface area contributed by atoms with Crippen LogP contribution >= 0.6 is 0 Å². The van der Waals surface area contributed by atoms with Crippen LogP contribution in [0.25, 0.3) is 11.3 Å². The summed E-state index contributed by atoms with van der Waals surface area (Å²) in [5.74, 6) is 1.61. The van der Waals surface area contributed by atoms with Crippen LogP contribution < -0.4 is 19.9 Å². The average Bonchev–Trinajstić information content (AvgIpc) is 3.19. The summed E-state index contributed by atoms with van der Waals surface area (Å²) in [5.41, 5.74) is 2.61. The van der Waals surface area contributed by atoms with Crippen molar-refractivity contribution in [3.05, 3.63) is 49.1 Å². The number of carbonyl (C=O) groups excluding carboxylic acids is 1. The van der Waals surface area contributed by atoms with E-state index in [1.165, 1.54) is 6.20 Å². The Kier molecular flexibility index (Phi) is 4.62. The summed E-state index contributed by atoms with van der Waals surface area (Å²) >= 11 is 0. The molecule has 152 valence electrons. The number of nitrogens with one attached hydrogen (secondary N) is 1. The molecular weight excluding hydrogens is 382 g/mol. The largest absolute Gasteiger partial charge is 0.478 e. The van der Waals surface area contributed by atoms with E-state index in [2.05, 4.69) is 25.2 Å². The van der Waals surface area contributed by atoms with E-state index in [0.29, 0.717) is 24.1 Å². The molecule has 0 radical (unpaired) electrons. The highest BCUT2D eigenvalue weighted by molar-refractivity contribution is 6.04. The Bertz CT molecular complexity index is 1080. The van der Waals surface area contributed by atoms with E-state index in [0.717, 1.165) is 36.5 Å². The predicted octanol–water partition coefficient (Wildman–Crippen LogP) is 2.96. The number of anilines is 3. The number of rotatable bonds is 4. The number of aromatic nitrogens is 4. The normalized spacial score (nSPS) is 16.9. The number of fused-ring (bicyclic) bond motifs is 4. The van der Waals surface area contributed by atoms with Crippen molar-refractivity contribution < 1.29 is 9.53 Å². The Labute approximate surface area is 173 Å². The van der Waals surface area contributed by atoms with Gasteiger partial charge in [0.15, 0.2) is 11.6 Å². The Morgan fingerprint density at radius 1 is 1.23 bits per heavy atom. The minimum atomic E-state index is -0.252. The lowest BCUT2D eigenvalue weighted by molar-refractivity contribution is 0.254. The molecule has 2 aliphatic rings. The van der Waals surface area contributed by atoms with Crippen LogP contribution in [-0.4, -0.2) is 51.7 Å². The summed E-state index contributed by atoms with van der Waals surface area (Å²) < 4.78 is 5.52. The summed E-state index contributed by atoms with van der Waals surface area (Å²) in [7, 11) is 0. The van der Waals surface area contributed by atoms with Gasteiger partial charge >= 0.3 is 6.03 Å². The van der Waals surface area contributed by atoms with Crippen LogP contribution in [-0.2, 0) is 0 Å². The van der Waals surface area contributed by atoms with Gasteiger partial charge in [-0.3, -0.25) is 15.2 Å². The van der Waals surface area contributed by atoms with E-state index < -0.39 is 0 Å². The molecule has 9 heteroatoms. The first-order valence-electron chi connectivity index (χ1n) is 9.94. The Balaban J connectivity index is 1.52. The molecular formula is C21H21N7O2. The van der Waals surface area contributed by atoms with Gasteiger partial charge in [-0.25, -0.2) is 19.7 Å². The molecule has 2 aliphatic heterocycles. The number of urea groups is 1. The van der Waals surface area contributed by atoms with E-state index >= 15 is 0 Å². The molecule has 1 atom stereocenters. The summed E-state index contributed by atoms with van der Waals surface area (Å²) in [6, 6.07) is 7.56. The second-order valence-corrected chi connectivity index (χ2v) is 7.13. The van der Waals surface area contributed by atoms with Gasteiger partial charge in [0.25, 0.3) is 0 Å². The van der Waals surface area contributed by atoms with Gasteiger partial charge in [-0.2, -0.15) is 0 Å². The number of carbonyl (C=O) groups is 1. The van der Waals surface area contributed by atoms with Crippen LogP contribution in [0.2, 0.25) is 0 Å². The first-order valence-corrected chi connectivity index (χ1v) is 9.94. The fraction of sp³-hybridized carbons (Fsp3) is 0.286. The van der Waals surface area contributed by atoms with Crippen molar-refractivity contribution in [3.8, 4) is 17.1 Å². The van der Waals surface area contributed by atoms with Gasteiger partial charge in [-0.1, -0.05) is 0 Å². The molecule has 1 saturated heterocycles. The highest BCUT2D eigenvalue weighted by atomic mass is 16.5. The minimum Gasteiger partial charge on any atom is -0.478 e. The van der Waals surface area contributed by atoms with E-state index in [1.54, 1.807) is 23.5 Å². The van der Waals surface area contributed by atoms with Crippen LogP contribution in [0.3, 0.4) is 0 Å². The molecule has 0 unspecified atom stereocenters. The van der Waals surface area contributed by atoms with Gasteiger partial charge in [0.05, 0.1) is 30.2 Å². The summed E-state index contributed by atoms with van der Waals surface area (Å²) in [6.45, 7) is 4.16. The van der Waals surface area contributed by atoms with Crippen molar-refractivity contribution in [1.82, 2.24) is 19.9 Å². The predicted molar refractivity (Wildman–Crippen MR) is 113 cm³/mol. The zero-order valence-electron chi connectivity index (χ0n) is 16.5. The van der Waals surface area contributed by atoms with Crippen molar-refractivity contribution in [2.24, 2.45) is 0 Å². The van der Waals surface area contributed by atoms with Crippen LogP contribution in [0.15, 0.2) is 49.1 Å².